The van der Waals surface area contributed by atoms with Crippen molar-refractivity contribution in [1.29, 1.82) is 0 Å². The molecule has 2 fully saturated rings. The fraction of sp³-hybridized carbons (Fsp3) is 1.00. The summed E-state index contributed by atoms with van der Waals surface area (Å²) in [6, 6.07) is 0. The molecule has 2 saturated heterocycles. The van der Waals surface area contributed by atoms with Crippen LogP contribution in [0, 0.1) is 0 Å². The average Bonchev–Trinajstić information content (AvgIpc) is 2.44. The Bertz CT molecular complexity index is 314. The van der Waals surface area contributed by atoms with Crippen molar-refractivity contribution in [3.05, 3.63) is 0 Å². The van der Waals surface area contributed by atoms with Gasteiger partial charge < -0.3 is 34.6 Å². The van der Waals surface area contributed by atoms with Crippen molar-refractivity contribution in [3.63, 3.8) is 0 Å². The molecule has 0 amide bonds. The van der Waals surface area contributed by atoms with Crippen molar-refractivity contribution in [2.45, 2.75) is 82.1 Å². The second-order valence-corrected chi connectivity index (χ2v) is 5.87. The summed E-state index contributed by atoms with van der Waals surface area (Å²) in [6.07, 6.45) is -4.01. The van der Waals surface area contributed by atoms with Gasteiger partial charge in [0.15, 0.2) is 6.29 Å². The Kier molecular flexibility index (Phi) is 5.96. The molecule has 7 nitrogen and oxygen atoms in total. The van der Waals surface area contributed by atoms with Crippen molar-refractivity contribution in [1.82, 2.24) is 0 Å². The predicted molar refractivity (Wildman–Crippen MR) is 72.5 cm³/mol. The van der Waals surface area contributed by atoms with Crippen molar-refractivity contribution in [2.75, 3.05) is 6.61 Å². The highest BCUT2D eigenvalue weighted by molar-refractivity contribution is 4.87. The van der Waals surface area contributed by atoms with Crippen LogP contribution in [0.1, 0.15) is 33.1 Å². The van der Waals surface area contributed by atoms with E-state index in [0.717, 1.165) is 6.42 Å². The summed E-state index contributed by atoms with van der Waals surface area (Å²) >= 11 is 0. The lowest BCUT2D eigenvalue weighted by Gasteiger charge is -2.42. The summed E-state index contributed by atoms with van der Waals surface area (Å²) in [4.78, 5) is 0. The first kappa shape index (κ1) is 17.1. The Morgan fingerprint density at radius 3 is 2.33 bits per heavy atom. The number of hydrogen-bond donors (Lipinski definition) is 4. The Hall–Kier alpha value is -0.280. The Morgan fingerprint density at radius 1 is 1.05 bits per heavy atom. The SMILES string of the molecule is CCC1CC(O)C(OC2OC(CO)C(O)CC2O)C(C)O1. The van der Waals surface area contributed by atoms with Gasteiger partial charge in [0.2, 0.25) is 0 Å². The van der Waals surface area contributed by atoms with Crippen LogP contribution in [0.15, 0.2) is 0 Å². The van der Waals surface area contributed by atoms with E-state index in [0.29, 0.717) is 6.42 Å². The summed E-state index contributed by atoms with van der Waals surface area (Å²) in [5.41, 5.74) is 0. The number of rotatable bonds is 4. The normalized spacial score (nSPS) is 48.3. The maximum atomic E-state index is 10.2. The second-order valence-electron chi connectivity index (χ2n) is 5.87. The Labute approximate surface area is 124 Å². The van der Waals surface area contributed by atoms with E-state index in [4.69, 9.17) is 19.3 Å². The van der Waals surface area contributed by atoms with E-state index in [9.17, 15) is 15.3 Å². The van der Waals surface area contributed by atoms with Crippen LogP contribution in [0.25, 0.3) is 0 Å². The first-order valence-corrected chi connectivity index (χ1v) is 7.57. The predicted octanol–water partition coefficient (Wildman–Crippen LogP) is -0.851. The molecular weight excluding hydrogens is 280 g/mol. The topological polar surface area (TPSA) is 109 Å². The monoisotopic (exact) mass is 306 g/mol. The maximum Gasteiger partial charge on any atom is 0.184 e. The molecule has 0 saturated carbocycles. The zero-order valence-electron chi connectivity index (χ0n) is 12.5. The molecule has 0 aliphatic carbocycles. The van der Waals surface area contributed by atoms with Crippen LogP contribution < -0.4 is 0 Å². The van der Waals surface area contributed by atoms with Gasteiger partial charge in [0, 0.05) is 12.8 Å². The number of aliphatic hydroxyl groups is 4. The van der Waals surface area contributed by atoms with Crippen molar-refractivity contribution in [3.8, 4) is 0 Å². The molecule has 21 heavy (non-hydrogen) atoms. The molecule has 0 bridgehead atoms. The number of hydrogen-bond acceptors (Lipinski definition) is 7. The standard InChI is InChI=1S/C14H26O7/c1-3-8-4-10(17)13(7(2)19-8)21-14-11(18)5-9(16)12(6-15)20-14/h7-18H,3-6H2,1-2H3. The van der Waals surface area contributed by atoms with Gasteiger partial charge in [0.1, 0.15) is 18.3 Å². The van der Waals surface area contributed by atoms with Gasteiger partial charge in [-0.05, 0) is 13.3 Å². The largest absolute Gasteiger partial charge is 0.394 e. The average molecular weight is 306 g/mol. The molecule has 7 heteroatoms. The smallest absolute Gasteiger partial charge is 0.184 e. The molecule has 124 valence electrons. The van der Waals surface area contributed by atoms with Gasteiger partial charge in [0.05, 0.1) is 31.0 Å². The van der Waals surface area contributed by atoms with Crippen LogP contribution in [-0.4, -0.2) is 76.1 Å². The van der Waals surface area contributed by atoms with Crippen molar-refractivity contribution >= 4 is 0 Å². The summed E-state index contributed by atoms with van der Waals surface area (Å²) in [6.45, 7) is 3.45. The highest BCUT2D eigenvalue weighted by Gasteiger charge is 2.42. The molecule has 8 atom stereocenters. The third-order valence-electron chi connectivity index (χ3n) is 4.22. The molecule has 0 radical (unpaired) electrons. The molecule has 2 rings (SSSR count). The summed E-state index contributed by atoms with van der Waals surface area (Å²) < 4.78 is 16.8. The van der Waals surface area contributed by atoms with Crippen LogP contribution in [-0.2, 0) is 14.2 Å². The van der Waals surface area contributed by atoms with Gasteiger partial charge in [0.25, 0.3) is 0 Å². The van der Waals surface area contributed by atoms with E-state index < -0.39 is 36.8 Å². The lowest BCUT2D eigenvalue weighted by molar-refractivity contribution is -0.311. The minimum absolute atomic E-state index is 0.000870. The van der Waals surface area contributed by atoms with Crippen molar-refractivity contribution in [2.24, 2.45) is 0 Å². The third-order valence-corrected chi connectivity index (χ3v) is 4.22. The fourth-order valence-electron chi connectivity index (χ4n) is 2.92. The molecule has 2 aliphatic rings. The number of aliphatic hydroxyl groups excluding tert-OH is 4. The van der Waals surface area contributed by atoms with Gasteiger partial charge in [-0.15, -0.1) is 0 Å². The quantitative estimate of drug-likeness (QED) is 0.535. The second kappa shape index (κ2) is 7.32. The molecule has 2 heterocycles. The number of ether oxygens (including phenoxy) is 3. The van der Waals surface area contributed by atoms with Crippen LogP contribution in [0.3, 0.4) is 0 Å². The van der Waals surface area contributed by atoms with Gasteiger partial charge in [-0.2, -0.15) is 0 Å². The Balaban J connectivity index is 1.96. The molecule has 0 aromatic rings. The molecular formula is C14H26O7. The summed E-state index contributed by atoms with van der Waals surface area (Å²) in [5, 5.41) is 38.9. The lowest BCUT2D eigenvalue weighted by Crippen LogP contribution is -2.55. The minimum atomic E-state index is -1.01. The van der Waals surface area contributed by atoms with Crippen LogP contribution in [0.4, 0.5) is 0 Å². The van der Waals surface area contributed by atoms with Crippen LogP contribution in [0.2, 0.25) is 0 Å². The van der Waals surface area contributed by atoms with E-state index in [1.165, 1.54) is 0 Å². The molecule has 0 spiro atoms. The first-order valence-electron chi connectivity index (χ1n) is 7.57. The first-order chi connectivity index (χ1) is 9.96. The zero-order valence-corrected chi connectivity index (χ0v) is 12.5. The van der Waals surface area contributed by atoms with Gasteiger partial charge in [-0.25, -0.2) is 0 Å². The van der Waals surface area contributed by atoms with Gasteiger partial charge >= 0.3 is 0 Å². The van der Waals surface area contributed by atoms with Gasteiger partial charge in [-0.3, -0.25) is 0 Å². The zero-order chi connectivity index (χ0) is 15.6. The van der Waals surface area contributed by atoms with Gasteiger partial charge in [-0.1, -0.05) is 6.92 Å². The van der Waals surface area contributed by atoms with Crippen LogP contribution >= 0.6 is 0 Å². The van der Waals surface area contributed by atoms with Crippen molar-refractivity contribution < 1.29 is 34.6 Å². The third kappa shape index (κ3) is 3.92. The fourth-order valence-corrected chi connectivity index (χ4v) is 2.92. The maximum absolute atomic E-state index is 10.2. The minimum Gasteiger partial charge on any atom is -0.394 e. The van der Waals surface area contributed by atoms with E-state index in [1.54, 1.807) is 0 Å². The van der Waals surface area contributed by atoms with E-state index >= 15 is 0 Å². The van der Waals surface area contributed by atoms with E-state index in [2.05, 4.69) is 0 Å². The molecule has 0 aromatic heterocycles. The highest BCUT2D eigenvalue weighted by atomic mass is 16.7. The van der Waals surface area contributed by atoms with Crippen LogP contribution in [0.5, 0.6) is 0 Å². The molecule has 8 unspecified atom stereocenters. The molecule has 4 N–H and O–H groups in total. The summed E-state index contributed by atoms with van der Waals surface area (Å²) in [7, 11) is 0. The highest BCUT2D eigenvalue weighted by Crippen LogP contribution is 2.29. The Morgan fingerprint density at radius 2 is 1.76 bits per heavy atom. The lowest BCUT2D eigenvalue weighted by atomic mass is 9.96. The summed E-state index contributed by atoms with van der Waals surface area (Å²) in [5.74, 6) is 0. The van der Waals surface area contributed by atoms with E-state index in [-0.39, 0.29) is 25.2 Å². The van der Waals surface area contributed by atoms with E-state index in [1.807, 2.05) is 13.8 Å². The molecule has 2 aliphatic heterocycles. The molecule has 0 aromatic carbocycles.